The molecule has 1 saturated carbocycles. The first-order chi connectivity index (χ1) is 14.9. The number of hydrogen-bond acceptors (Lipinski definition) is 5. The molecular weight excluding hydrogens is 412 g/mol. The predicted octanol–water partition coefficient (Wildman–Crippen LogP) is 3.78. The van der Waals surface area contributed by atoms with Crippen LogP contribution in [0.3, 0.4) is 0 Å². The fourth-order valence-electron chi connectivity index (χ4n) is 4.05. The number of rotatable bonds is 8. The van der Waals surface area contributed by atoms with Crippen LogP contribution in [0.25, 0.3) is 11.3 Å². The highest BCUT2D eigenvalue weighted by molar-refractivity contribution is 7.89. The van der Waals surface area contributed by atoms with Crippen molar-refractivity contribution in [1.82, 2.24) is 19.1 Å². The Morgan fingerprint density at radius 1 is 1.06 bits per heavy atom. The van der Waals surface area contributed by atoms with E-state index in [0.29, 0.717) is 18.7 Å². The second-order valence-electron chi connectivity index (χ2n) is 7.83. The maximum absolute atomic E-state index is 13.5. The van der Waals surface area contributed by atoms with Gasteiger partial charge in [0.05, 0.1) is 17.1 Å². The molecule has 2 heterocycles. The molecule has 0 spiro atoms. The molecule has 162 valence electrons. The van der Waals surface area contributed by atoms with Crippen molar-refractivity contribution < 1.29 is 13.2 Å². The normalized spacial score (nSPS) is 14.9. The summed E-state index contributed by atoms with van der Waals surface area (Å²) in [6, 6.07) is 11.9. The zero-order valence-corrected chi connectivity index (χ0v) is 18.3. The van der Waals surface area contributed by atoms with Gasteiger partial charge in [-0.1, -0.05) is 25.0 Å². The number of hydrogen-bond donors (Lipinski definition) is 0. The first kappa shape index (κ1) is 21.4. The largest absolute Gasteiger partial charge is 0.295 e. The van der Waals surface area contributed by atoms with Gasteiger partial charge < -0.3 is 0 Å². The molecule has 0 bridgehead atoms. The minimum Gasteiger partial charge on any atom is -0.295 e. The number of aromatic nitrogens is 3. The molecule has 0 amide bonds. The number of Topliss-reactive ketones (excluding diaryl/α,β-unsaturated/α-hetero) is 1. The Bertz CT molecular complexity index is 1140. The van der Waals surface area contributed by atoms with Crippen LogP contribution in [-0.4, -0.2) is 45.9 Å². The number of carbonyl (C=O) groups excluding carboxylic acids is 1. The van der Waals surface area contributed by atoms with E-state index >= 15 is 0 Å². The lowest BCUT2D eigenvalue weighted by Crippen LogP contribution is -2.40. The van der Waals surface area contributed by atoms with Crippen molar-refractivity contribution in [2.24, 2.45) is 0 Å². The molecule has 8 heteroatoms. The minimum atomic E-state index is -3.67. The van der Waals surface area contributed by atoms with Crippen LogP contribution >= 0.6 is 0 Å². The van der Waals surface area contributed by atoms with Crippen molar-refractivity contribution in [2.45, 2.75) is 50.1 Å². The average molecular weight is 439 g/mol. The lowest BCUT2D eigenvalue weighted by molar-refractivity contribution is 0.101. The zero-order chi connectivity index (χ0) is 21.8. The zero-order valence-electron chi connectivity index (χ0n) is 17.5. The minimum absolute atomic E-state index is 0.00675. The van der Waals surface area contributed by atoms with Gasteiger partial charge >= 0.3 is 0 Å². The maximum Gasteiger partial charge on any atom is 0.243 e. The predicted molar refractivity (Wildman–Crippen MR) is 118 cm³/mol. The Hall–Kier alpha value is -2.84. The van der Waals surface area contributed by atoms with Crippen LogP contribution in [0.1, 0.15) is 43.0 Å². The van der Waals surface area contributed by atoms with Crippen LogP contribution in [0, 0.1) is 0 Å². The van der Waals surface area contributed by atoms with Gasteiger partial charge in [-0.15, -0.1) is 0 Å². The van der Waals surface area contributed by atoms with Crippen LogP contribution in [0.15, 0.2) is 66.0 Å². The topological polar surface area (TPSA) is 85.2 Å². The Morgan fingerprint density at radius 2 is 1.74 bits per heavy atom. The van der Waals surface area contributed by atoms with Crippen molar-refractivity contribution >= 4 is 15.8 Å². The second-order valence-corrected chi connectivity index (χ2v) is 9.73. The van der Waals surface area contributed by atoms with Crippen LogP contribution in [-0.2, 0) is 16.6 Å². The molecule has 2 aromatic heterocycles. The molecule has 0 radical (unpaired) electrons. The first-order valence-electron chi connectivity index (χ1n) is 10.5. The molecule has 0 saturated heterocycles. The van der Waals surface area contributed by atoms with Crippen molar-refractivity contribution in [3.05, 3.63) is 66.6 Å². The summed E-state index contributed by atoms with van der Waals surface area (Å²) in [6.45, 7) is 2.28. The Labute approximate surface area is 182 Å². The summed E-state index contributed by atoms with van der Waals surface area (Å²) in [7, 11) is -3.67. The molecule has 4 rings (SSSR count). The molecule has 0 N–H and O–H groups in total. The number of ketones is 1. The van der Waals surface area contributed by atoms with E-state index in [1.807, 2.05) is 24.4 Å². The monoisotopic (exact) mass is 438 g/mol. The summed E-state index contributed by atoms with van der Waals surface area (Å²) in [4.78, 5) is 15.8. The fraction of sp³-hybridized carbons (Fsp3) is 0.348. The average Bonchev–Trinajstić information content (AvgIpc) is 3.47. The number of pyridine rings is 1. The van der Waals surface area contributed by atoms with Gasteiger partial charge in [0.25, 0.3) is 0 Å². The summed E-state index contributed by atoms with van der Waals surface area (Å²) < 4.78 is 30.3. The van der Waals surface area contributed by atoms with Crippen molar-refractivity contribution in [1.29, 1.82) is 0 Å². The molecule has 1 aliphatic rings. The van der Waals surface area contributed by atoms with Crippen LogP contribution in [0.4, 0.5) is 0 Å². The summed E-state index contributed by atoms with van der Waals surface area (Å²) >= 11 is 0. The molecule has 3 aromatic rings. The number of carbonyl (C=O) groups is 1. The van der Waals surface area contributed by atoms with Crippen LogP contribution in [0.2, 0.25) is 0 Å². The Kier molecular flexibility index (Phi) is 6.29. The molecule has 0 atom stereocenters. The van der Waals surface area contributed by atoms with E-state index in [-0.39, 0.29) is 16.7 Å². The number of sulfonamides is 1. The summed E-state index contributed by atoms with van der Waals surface area (Å²) in [5, 5.41) is 4.59. The summed E-state index contributed by atoms with van der Waals surface area (Å²) in [5.74, 6) is -0.0831. The fourth-order valence-corrected chi connectivity index (χ4v) is 5.73. The SMILES string of the molecule is CC(=O)c1ccc(S(=O)(=O)N(CCn2ccc(-c3ccncc3)n2)C2CCCC2)cc1. The highest BCUT2D eigenvalue weighted by atomic mass is 32.2. The number of nitrogens with zero attached hydrogens (tertiary/aromatic N) is 4. The quantitative estimate of drug-likeness (QED) is 0.500. The van der Waals surface area contributed by atoms with Gasteiger partial charge in [-0.3, -0.25) is 14.5 Å². The maximum atomic E-state index is 13.5. The molecule has 1 fully saturated rings. The van der Waals surface area contributed by atoms with Gasteiger partial charge in [-0.25, -0.2) is 8.42 Å². The summed E-state index contributed by atoms with van der Waals surface area (Å²) in [5.41, 5.74) is 2.31. The first-order valence-corrected chi connectivity index (χ1v) is 12.0. The lowest BCUT2D eigenvalue weighted by atomic mass is 10.2. The number of benzene rings is 1. The standard InChI is InChI=1S/C23H26N4O3S/c1-18(28)19-6-8-22(9-7-19)31(29,30)27(21-4-2-3-5-21)17-16-26-15-12-23(25-26)20-10-13-24-14-11-20/h6-15,21H,2-5,16-17H2,1H3. The molecule has 31 heavy (non-hydrogen) atoms. The van der Waals surface area contributed by atoms with Gasteiger partial charge in [-0.05, 0) is 50.1 Å². The van der Waals surface area contributed by atoms with Crippen LogP contribution < -0.4 is 0 Å². The van der Waals surface area contributed by atoms with Gasteiger partial charge in [0.2, 0.25) is 10.0 Å². The van der Waals surface area contributed by atoms with E-state index in [4.69, 9.17) is 0 Å². The third-order valence-electron chi connectivity index (χ3n) is 5.77. The van der Waals surface area contributed by atoms with E-state index < -0.39 is 10.0 Å². The molecule has 1 aliphatic carbocycles. The Balaban J connectivity index is 1.54. The lowest BCUT2D eigenvalue weighted by Gasteiger charge is -2.28. The van der Waals surface area contributed by atoms with E-state index in [9.17, 15) is 13.2 Å². The van der Waals surface area contributed by atoms with Crippen molar-refractivity contribution in [3.8, 4) is 11.3 Å². The molecule has 0 unspecified atom stereocenters. The highest BCUT2D eigenvalue weighted by Crippen LogP contribution is 2.29. The van der Waals surface area contributed by atoms with Gasteiger partial charge in [0.1, 0.15) is 0 Å². The molecular formula is C23H26N4O3S. The van der Waals surface area contributed by atoms with Crippen LogP contribution in [0.5, 0.6) is 0 Å². The highest BCUT2D eigenvalue weighted by Gasteiger charge is 2.33. The van der Waals surface area contributed by atoms with Gasteiger partial charge in [0.15, 0.2) is 5.78 Å². The smallest absolute Gasteiger partial charge is 0.243 e. The molecule has 7 nitrogen and oxygen atoms in total. The summed E-state index contributed by atoms with van der Waals surface area (Å²) in [6.07, 6.45) is 9.12. The third kappa shape index (κ3) is 4.75. The van der Waals surface area contributed by atoms with Crippen molar-refractivity contribution in [2.75, 3.05) is 6.54 Å². The van der Waals surface area contributed by atoms with E-state index in [2.05, 4.69) is 10.1 Å². The second kappa shape index (κ2) is 9.11. The van der Waals surface area contributed by atoms with Gasteiger partial charge in [0, 0.05) is 42.3 Å². The molecule has 1 aromatic carbocycles. The van der Waals surface area contributed by atoms with E-state index in [0.717, 1.165) is 36.9 Å². The van der Waals surface area contributed by atoms with E-state index in [1.165, 1.54) is 19.1 Å². The van der Waals surface area contributed by atoms with Crippen molar-refractivity contribution in [3.63, 3.8) is 0 Å². The Morgan fingerprint density at radius 3 is 2.39 bits per heavy atom. The third-order valence-corrected chi connectivity index (χ3v) is 7.73. The van der Waals surface area contributed by atoms with E-state index in [1.54, 1.807) is 33.5 Å². The molecule has 0 aliphatic heterocycles. The van der Waals surface area contributed by atoms with Gasteiger partial charge in [-0.2, -0.15) is 9.40 Å².